The Morgan fingerprint density at radius 1 is 1.41 bits per heavy atom. The first-order valence-corrected chi connectivity index (χ1v) is 6.25. The number of hydrogen-bond acceptors (Lipinski definition) is 4. The molecule has 0 radical (unpaired) electrons. The van der Waals surface area contributed by atoms with E-state index in [1.165, 1.54) is 11.9 Å². The summed E-state index contributed by atoms with van der Waals surface area (Å²) in [5.74, 6) is 0.837. The summed E-state index contributed by atoms with van der Waals surface area (Å²) in [6.45, 7) is 2.91. The first-order valence-electron chi connectivity index (χ1n) is 5.45. The summed E-state index contributed by atoms with van der Waals surface area (Å²) in [6.07, 6.45) is 7.20. The average Bonchev–Trinajstić information content (AvgIpc) is 2.73. The van der Waals surface area contributed by atoms with E-state index in [1.807, 2.05) is 13.1 Å². The van der Waals surface area contributed by atoms with Crippen LogP contribution in [0.3, 0.4) is 0 Å². The summed E-state index contributed by atoms with van der Waals surface area (Å²) in [5, 5.41) is 10.2. The second-order valence-corrected chi connectivity index (χ2v) is 4.62. The van der Waals surface area contributed by atoms with Crippen molar-refractivity contribution in [2.75, 3.05) is 11.9 Å². The molecule has 0 saturated carbocycles. The van der Waals surface area contributed by atoms with Gasteiger partial charge in [-0.25, -0.2) is 9.97 Å². The quantitative estimate of drug-likeness (QED) is 0.831. The van der Waals surface area contributed by atoms with Crippen LogP contribution in [-0.2, 0) is 6.42 Å². The lowest BCUT2D eigenvalue weighted by Gasteiger charge is -2.06. The van der Waals surface area contributed by atoms with Crippen LogP contribution in [0.4, 0.5) is 5.82 Å². The molecule has 0 aliphatic carbocycles. The van der Waals surface area contributed by atoms with Gasteiger partial charge in [0.2, 0.25) is 0 Å². The highest BCUT2D eigenvalue weighted by molar-refractivity contribution is 9.10. The number of anilines is 1. The van der Waals surface area contributed by atoms with Crippen LogP contribution < -0.4 is 5.32 Å². The predicted molar refractivity (Wildman–Crippen MR) is 69.9 cm³/mol. The fourth-order valence-corrected chi connectivity index (χ4v) is 1.92. The van der Waals surface area contributed by atoms with Crippen molar-refractivity contribution in [2.24, 2.45) is 0 Å². The number of H-pyrrole nitrogens is 1. The molecule has 0 atom stereocenters. The van der Waals surface area contributed by atoms with Crippen molar-refractivity contribution in [1.82, 2.24) is 20.2 Å². The second kappa shape index (κ2) is 5.77. The van der Waals surface area contributed by atoms with Crippen molar-refractivity contribution >= 4 is 21.7 Å². The van der Waals surface area contributed by atoms with Gasteiger partial charge in [0.15, 0.2) is 0 Å². The molecular weight excluding hydrogens is 282 g/mol. The standard InChI is InChI=1S/C11H14BrN5/c1-8-9(5-16-17-8)3-2-4-14-11-10(12)6-13-7-15-11/h5-7H,2-4H2,1H3,(H,16,17)(H,13,14,15). The Morgan fingerprint density at radius 3 is 3.00 bits per heavy atom. The molecule has 0 saturated heterocycles. The maximum absolute atomic E-state index is 4.14. The molecule has 0 bridgehead atoms. The lowest BCUT2D eigenvalue weighted by atomic mass is 10.1. The first-order chi connectivity index (χ1) is 8.27. The van der Waals surface area contributed by atoms with Gasteiger partial charge in [0.1, 0.15) is 12.1 Å². The van der Waals surface area contributed by atoms with E-state index in [4.69, 9.17) is 0 Å². The highest BCUT2D eigenvalue weighted by Gasteiger charge is 2.01. The van der Waals surface area contributed by atoms with E-state index in [0.717, 1.165) is 35.4 Å². The van der Waals surface area contributed by atoms with Gasteiger partial charge in [0.05, 0.1) is 10.7 Å². The topological polar surface area (TPSA) is 66.5 Å². The van der Waals surface area contributed by atoms with Crippen molar-refractivity contribution in [1.29, 1.82) is 0 Å². The minimum absolute atomic E-state index is 0.837. The Kier molecular flexibility index (Phi) is 4.08. The Hall–Kier alpha value is -1.43. The summed E-state index contributed by atoms with van der Waals surface area (Å²) >= 11 is 3.40. The molecule has 2 aromatic rings. The van der Waals surface area contributed by atoms with Gasteiger partial charge in [0, 0.05) is 18.4 Å². The lowest BCUT2D eigenvalue weighted by molar-refractivity contribution is 0.851. The first kappa shape index (κ1) is 12.0. The molecule has 2 rings (SSSR count). The largest absolute Gasteiger partial charge is 0.369 e. The Labute approximate surface area is 108 Å². The van der Waals surface area contributed by atoms with Crippen LogP contribution in [0.15, 0.2) is 23.2 Å². The van der Waals surface area contributed by atoms with Crippen molar-refractivity contribution in [3.05, 3.63) is 34.5 Å². The number of aromatic amines is 1. The van der Waals surface area contributed by atoms with Crippen molar-refractivity contribution in [2.45, 2.75) is 19.8 Å². The number of aromatic nitrogens is 4. The number of nitrogens with one attached hydrogen (secondary N) is 2. The van der Waals surface area contributed by atoms with Crippen LogP contribution in [0.5, 0.6) is 0 Å². The summed E-state index contributed by atoms with van der Waals surface area (Å²) in [7, 11) is 0. The van der Waals surface area contributed by atoms with E-state index >= 15 is 0 Å². The smallest absolute Gasteiger partial charge is 0.143 e. The molecule has 0 aromatic carbocycles. The number of rotatable bonds is 5. The molecule has 0 spiro atoms. The molecule has 2 aromatic heterocycles. The van der Waals surface area contributed by atoms with Gasteiger partial charge in [-0.3, -0.25) is 5.10 Å². The van der Waals surface area contributed by atoms with E-state index in [0.29, 0.717) is 0 Å². The average molecular weight is 296 g/mol. The van der Waals surface area contributed by atoms with Gasteiger partial charge in [-0.1, -0.05) is 0 Å². The molecule has 6 heteroatoms. The fraction of sp³-hybridized carbons (Fsp3) is 0.364. The number of nitrogens with zero attached hydrogens (tertiary/aromatic N) is 3. The third-order valence-corrected chi connectivity index (χ3v) is 3.10. The van der Waals surface area contributed by atoms with E-state index < -0.39 is 0 Å². The highest BCUT2D eigenvalue weighted by atomic mass is 79.9. The molecule has 17 heavy (non-hydrogen) atoms. The number of hydrogen-bond donors (Lipinski definition) is 2. The van der Waals surface area contributed by atoms with Gasteiger partial charge in [-0.15, -0.1) is 0 Å². The molecule has 5 nitrogen and oxygen atoms in total. The van der Waals surface area contributed by atoms with Crippen molar-refractivity contribution in [3.8, 4) is 0 Å². The minimum Gasteiger partial charge on any atom is -0.369 e. The van der Waals surface area contributed by atoms with Gasteiger partial charge < -0.3 is 5.32 Å². The SMILES string of the molecule is Cc1[nH]ncc1CCCNc1ncncc1Br. The lowest BCUT2D eigenvalue weighted by Crippen LogP contribution is -2.05. The van der Waals surface area contributed by atoms with Crippen LogP contribution in [0, 0.1) is 6.92 Å². The van der Waals surface area contributed by atoms with Gasteiger partial charge >= 0.3 is 0 Å². The van der Waals surface area contributed by atoms with Crippen LogP contribution in [-0.4, -0.2) is 26.7 Å². The normalized spacial score (nSPS) is 10.5. The monoisotopic (exact) mass is 295 g/mol. The highest BCUT2D eigenvalue weighted by Crippen LogP contribution is 2.17. The van der Waals surface area contributed by atoms with Crippen LogP contribution in [0.1, 0.15) is 17.7 Å². The Morgan fingerprint density at radius 2 is 2.29 bits per heavy atom. The zero-order chi connectivity index (χ0) is 12.1. The zero-order valence-electron chi connectivity index (χ0n) is 9.57. The van der Waals surface area contributed by atoms with Crippen LogP contribution in [0.25, 0.3) is 0 Å². The Balaban J connectivity index is 1.77. The summed E-state index contributed by atoms with van der Waals surface area (Å²) in [4.78, 5) is 8.06. The molecule has 0 fully saturated rings. The molecule has 0 amide bonds. The van der Waals surface area contributed by atoms with E-state index in [1.54, 1.807) is 6.20 Å². The van der Waals surface area contributed by atoms with Crippen LogP contribution >= 0.6 is 15.9 Å². The fourth-order valence-electron chi connectivity index (χ4n) is 1.56. The molecule has 90 valence electrons. The van der Waals surface area contributed by atoms with Crippen molar-refractivity contribution < 1.29 is 0 Å². The maximum Gasteiger partial charge on any atom is 0.143 e. The summed E-state index contributed by atoms with van der Waals surface area (Å²) in [6, 6.07) is 0. The minimum atomic E-state index is 0.837. The van der Waals surface area contributed by atoms with Crippen LogP contribution in [0.2, 0.25) is 0 Å². The predicted octanol–water partition coefficient (Wildman–Crippen LogP) is 2.32. The number of halogens is 1. The summed E-state index contributed by atoms with van der Waals surface area (Å²) in [5.41, 5.74) is 2.42. The van der Waals surface area contributed by atoms with E-state index in [9.17, 15) is 0 Å². The van der Waals surface area contributed by atoms with Gasteiger partial charge in [-0.2, -0.15) is 5.10 Å². The molecule has 0 aliphatic heterocycles. The van der Waals surface area contributed by atoms with Gasteiger partial charge in [-0.05, 0) is 41.3 Å². The third kappa shape index (κ3) is 3.26. The zero-order valence-corrected chi connectivity index (χ0v) is 11.2. The van der Waals surface area contributed by atoms with Crippen molar-refractivity contribution in [3.63, 3.8) is 0 Å². The van der Waals surface area contributed by atoms with Gasteiger partial charge in [0.25, 0.3) is 0 Å². The van der Waals surface area contributed by atoms with E-state index in [-0.39, 0.29) is 0 Å². The summed E-state index contributed by atoms with van der Waals surface area (Å²) < 4.78 is 0.888. The molecule has 2 heterocycles. The molecule has 0 aliphatic rings. The number of aryl methyl sites for hydroxylation is 2. The molecule has 0 unspecified atom stereocenters. The van der Waals surface area contributed by atoms with E-state index in [2.05, 4.69) is 41.4 Å². The second-order valence-electron chi connectivity index (χ2n) is 3.77. The third-order valence-electron chi connectivity index (χ3n) is 2.52. The maximum atomic E-state index is 4.14. The Bertz CT molecular complexity index is 482. The molecule has 2 N–H and O–H groups in total. The molecular formula is C11H14BrN5.